The molecule has 2 heterocycles. The number of halogens is 1. The Bertz CT molecular complexity index is 4800. The Balaban J connectivity index is 1.10. The number of hydrogen-bond donors (Lipinski definition) is 0. The summed E-state index contributed by atoms with van der Waals surface area (Å²) in [6.07, 6.45) is 0. The second-order valence-electron chi connectivity index (χ2n) is 25.0. The highest BCUT2D eigenvalue weighted by atomic mass is 19.1. The standard InChI is InChI=1S/C81H63FN2O2/c1-79(2,3)56-35-44-63(45-36-56)83(61-40-31-54(32-41-61)52-21-11-7-12-22-52)69-50-68-76(78-73(69)66-48-39-60(82)49-72(66)86-78)75-67(81(68,58-25-15-9-16-26-58)59-27-17-10-18-28-59)51-70(77-74(75)65-29-19-20-30-71(65)85-77)84(64-46-37-57(38-47-64)80(4,5)6)62-42-33-55(34-43-62)53-23-13-8-14-24-53/h7-51H,1-6H3. The van der Waals surface area contributed by atoms with E-state index >= 15 is 4.39 Å². The molecule has 1 aliphatic rings. The zero-order valence-corrected chi connectivity index (χ0v) is 49.1. The minimum absolute atomic E-state index is 0.0688. The summed E-state index contributed by atoms with van der Waals surface area (Å²) in [5.41, 5.74) is 20.4. The van der Waals surface area contributed by atoms with E-state index in [1.54, 1.807) is 6.07 Å². The Labute approximate surface area is 501 Å². The van der Waals surface area contributed by atoms with Crippen molar-refractivity contribution >= 4 is 78.0 Å². The van der Waals surface area contributed by atoms with Crippen LogP contribution in [0.25, 0.3) is 77.3 Å². The molecule has 0 bridgehead atoms. The summed E-state index contributed by atoms with van der Waals surface area (Å²) in [4.78, 5) is 4.76. The molecule has 416 valence electrons. The Hall–Kier alpha value is -10.2. The number of para-hydroxylation sites is 1. The molecular formula is C81H63FN2O2. The van der Waals surface area contributed by atoms with Crippen LogP contribution in [0.4, 0.5) is 38.5 Å². The van der Waals surface area contributed by atoms with E-state index in [0.29, 0.717) is 11.2 Å². The van der Waals surface area contributed by atoms with Crippen molar-refractivity contribution < 1.29 is 13.2 Å². The van der Waals surface area contributed by atoms with Gasteiger partial charge in [-0.05, 0) is 145 Å². The van der Waals surface area contributed by atoms with Crippen molar-refractivity contribution in [1.82, 2.24) is 0 Å². The summed E-state index contributed by atoms with van der Waals surface area (Å²) >= 11 is 0. The molecule has 0 unspecified atom stereocenters. The highest BCUT2D eigenvalue weighted by molar-refractivity contribution is 6.26. The zero-order valence-electron chi connectivity index (χ0n) is 49.1. The van der Waals surface area contributed by atoms with E-state index < -0.39 is 5.41 Å². The van der Waals surface area contributed by atoms with Crippen LogP contribution >= 0.6 is 0 Å². The smallest absolute Gasteiger partial charge is 0.160 e. The topological polar surface area (TPSA) is 32.8 Å². The molecule has 0 atom stereocenters. The second kappa shape index (κ2) is 20.2. The maximum Gasteiger partial charge on any atom is 0.160 e. The highest BCUT2D eigenvalue weighted by Gasteiger charge is 2.50. The van der Waals surface area contributed by atoms with Gasteiger partial charge in [0.05, 0.1) is 22.2 Å². The predicted octanol–water partition coefficient (Wildman–Crippen LogP) is 22.9. The number of nitrogens with zero attached hydrogens (tertiary/aromatic N) is 2. The molecule has 86 heavy (non-hydrogen) atoms. The first kappa shape index (κ1) is 52.6. The Morgan fingerprint density at radius 2 is 0.733 bits per heavy atom. The van der Waals surface area contributed by atoms with Gasteiger partial charge in [0.15, 0.2) is 5.58 Å². The fraction of sp³-hybridized carbons (Fsp3) is 0.111. The van der Waals surface area contributed by atoms with Gasteiger partial charge in [0.1, 0.15) is 22.6 Å². The number of anilines is 6. The lowest BCUT2D eigenvalue weighted by atomic mass is 9.67. The van der Waals surface area contributed by atoms with Crippen LogP contribution in [-0.4, -0.2) is 0 Å². The molecule has 0 spiro atoms. The third-order valence-electron chi connectivity index (χ3n) is 17.7. The lowest BCUT2D eigenvalue weighted by Crippen LogP contribution is -2.29. The molecule has 12 aromatic carbocycles. The van der Waals surface area contributed by atoms with E-state index in [1.807, 2.05) is 6.07 Å². The number of fused-ring (bicyclic) bond motifs is 11. The van der Waals surface area contributed by atoms with Crippen molar-refractivity contribution in [3.8, 4) is 33.4 Å². The van der Waals surface area contributed by atoms with Gasteiger partial charge in [0, 0.05) is 56.1 Å². The van der Waals surface area contributed by atoms with Gasteiger partial charge in [-0.3, -0.25) is 0 Å². The fourth-order valence-electron chi connectivity index (χ4n) is 13.5. The summed E-state index contributed by atoms with van der Waals surface area (Å²) in [7, 11) is 0. The van der Waals surface area contributed by atoms with E-state index in [0.717, 1.165) is 122 Å². The number of furan rings is 2. The number of hydrogen-bond acceptors (Lipinski definition) is 4. The monoisotopic (exact) mass is 1110 g/mol. The lowest BCUT2D eigenvalue weighted by molar-refractivity contribution is 0.590. The number of benzene rings is 12. The molecule has 0 radical (unpaired) electrons. The molecule has 0 saturated carbocycles. The van der Waals surface area contributed by atoms with Crippen LogP contribution < -0.4 is 9.80 Å². The van der Waals surface area contributed by atoms with Gasteiger partial charge in [0.2, 0.25) is 0 Å². The summed E-state index contributed by atoms with van der Waals surface area (Å²) in [6.45, 7) is 13.5. The van der Waals surface area contributed by atoms with E-state index in [-0.39, 0.29) is 16.6 Å². The van der Waals surface area contributed by atoms with E-state index in [1.165, 1.54) is 17.2 Å². The second-order valence-corrected chi connectivity index (χ2v) is 25.0. The molecule has 1 aliphatic carbocycles. The molecule has 5 heteroatoms. The molecule has 0 saturated heterocycles. The van der Waals surface area contributed by atoms with Crippen molar-refractivity contribution in [2.24, 2.45) is 0 Å². The first-order valence-corrected chi connectivity index (χ1v) is 29.7. The molecule has 0 aliphatic heterocycles. The molecule has 0 N–H and O–H groups in total. The minimum Gasteiger partial charge on any atom is -0.455 e. The van der Waals surface area contributed by atoms with Crippen LogP contribution in [0, 0.1) is 5.82 Å². The molecular weight excluding hydrogens is 1050 g/mol. The maximum absolute atomic E-state index is 16.0. The number of rotatable bonds is 10. The zero-order chi connectivity index (χ0) is 58.5. The average molecular weight is 1120 g/mol. The third-order valence-corrected chi connectivity index (χ3v) is 17.7. The molecule has 2 aromatic heterocycles. The Morgan fingerprint density at radius 1 is 0.337 bits per heavy atom. The summed E-state index contributed by atoms with van der Waals surface area (Å²) in [5.74, 6) is -0.371. The van der Waals surface area contributed by atoms with Crippen molar-refractivity contribution in [2.75, 3.05) is 9.80 Å². The lowest BCUT2D eigenvalue weighted by Gasteiger charge is -2.36. The van der Waals surface area contributed by atoms with Gasteiger partial charge < -0.3 is 18.6 Å². The highest BCUT2D eigenvalue weighted by Crippen LogP contribution is 2.64. The van der Waals surface area contributed by atoms with Crippen molar-refractivity contribution in [3.05, 3.63) is 312 Å². The largest absolute Gasteiger partial charge is 0.455 e. The van der Waals surface area contributed by atoms with Gasteiger partial charge in [-0.15, -0.1) is 0 Å². The van der Waals surface area contributed by atoms with Crippen LogP contribution in [0.2, 0.25) is 0 Å². The van der Waals surface area contributed by atoms with Gasteiger partial charge in [-0.2, -0.15) is 0 Å². The molecule has 0 fully saturated rings. The van der Waals surface area contributed by atoms with Crippen molar-refractivity contribution in [1.29, 1.82) is 0 Å². The van der Waals surface area contributed by atoms with Crippen LogP contribution in [0.15, 0.2) is 282 Å². The molecule has 15 rings (SSSR count). The van der Waals surface area contributed by atoms with Gasteiger partial charge >= 0.3 is 0 Å². The van der Waals surface area contributed by atoms with Crippen LogP contribution in [-0.2, 0) is 16.2 Å². The summed E-state index contributed by atoms with van der Waals surface area (Å²) in [6, 6.07) is 97.0. The predicted molar refractivity (Wildman–Crippen MR) is 356 cm³/mol. The van der Waals surface area contributed by atoms with Crippen molar-refractivity contribution in [3.63, 3.8) is 0 Å². The maximum atomic E-state index is 16.0. The summed E-state index contributed by atoms with van der Waals surface area (Å²) < 4.78 is 30.8. The minimum atomic E-state index is -0.987. The van der Waals surface area contributed by atoms with Gasteiger partial charge in [-0.25, -0.2) is 4.39 Å². The van der Waals surface area contributed by atoms with Gasteiger partial charge in [-0.1, -0.05) is 230 Å². The molecule has 14 aromatic rings. The fourth-order valence-corrected chi connectivity index (χ4v) is 13.5. The third kappa shape index (κ3) is 8.55. The summed E-state index contributed by atoms with van der Waals surface area (Å²) in [5, 5.41) is 3.62. The quantitative estimate of drug-likeness (QED) is 0.137. The van der Waals surface area contributed by atoms with Crippen LogP contribution in [0.5, 0.6) is 0 Å². The van der Waals surface area contributed by atoms with E-state index in [9.17, 15) is 0 Å². The Morgan fingerprint density at radius 3 is 1.23 bits per heavy atom. The molecule has 0 amide bonds. The first-order chi connectivity index (χ1) is 41.8. The van der Waals surface area contributed by atoms with E-state index in [4.69, 9.17) is 8.83 Å². The van der Waals surface area contributed by atoms with Crippen LogP contribution in [0.3, 0.4) is 0 Å². The SMILES string of the molecule is CC(C)(C)c1ccc(N(c2ccc(-c3ccccc3)cc2)c2cc3c(c4c2oc2ccccc24)-c2c(cc(N(c4ccc(-c5ccccc5)cc4)c4ccc(C(C)(C)C)cc4)c4c2oc2cc(F)ccc24)C3(c2ccccc2)c2ccccc2)cc1. The van der Waals surface area contributed by atoms with E-state index in [2.05, 4.69) is 306 Å². The average Bonchev–Trinajstić information content (AvgIpc) is 1.50. The Kier molecular flexibility index (Phi) is 12.4. The molecule has 4 nitrogen and oxygen atoms in total. The first-order valence-electron chi connectivity index (χ1n) is 29.7. The normalized spacial score (nSPS) is 12.9. The van der Waals surface area contributed by atoms with Crippen molar-refractivity contribution in [2.45, 2.75) is 57.8 Å². The van der Waals surface area contributed by atoms with Crippen LogP contribution in [0.1, 0.15) is 74.9 Å². The van der Waals surface area contributed by atoms with Gasteiger partial charge in [0.25, 0.3) is 0 Å².